The first-order chi connectivity index (χ1) is 14.3. The largest absolute Gasteiger partial charge is 0.469 e. The molecule has 0 fully saturated rings. The molecule has 3 aromatic rings. The molecule has 4 nitrogen and oxygen atoms in total. The summed E-state index contributed by atoms with van der Waals surface area (Å²) in [5.41, 5.74) is 3.04. The predicted molar refractivity (Wildman–Crippen MR) is 115 cm³/mol. The molecule has 0 aliphatic rings. The number of nitrogens with zero attached hydrogens (tertiary/aromatic N) is 1. The molecule has 152 valence electrons. The first kappa shape index (κ1) is 20.8. The number of unbranched alkanes of at least 4 members (excludes halogenated alkanes) is 5. The molecular weight excluding hydrogens is 362 g/mol. The van der Waals surface area contributed by atoms with Gasteiger partial charge in [0.1, 0.15) is 5.69 Å². The van der Waals surface area contributed by atoms with Crippen molar-refractivity contribution in [2.45, 2.75) is 51.4 Å². The van der Waals surface area contributed by atoms with Crippen molar-refractivity contribution in [1.82, 2.24) is 4.98 Å². The Morgan fingerprint density at radius 2 is 1.41 bits per heavy atom. The number of hydrogen-bond donors (Lipinski definition) is 0. The van der Waals surface area contributed by atoms with Crippen molar-refractivity contribution in [1.29, 1.82) is 0 Å². The van der Waals surface area contributed by atoms with Crippen molar-refractivity contribution in [3.63, 3.8) is 0 Å². The van der Waals surface area contributed by atoms with Gasteiger partial charge in [-0.3, -0.25) is 4.79 Å². The number of oxazole rings is 1. The lowest BCUT2D eigenvalue weighted by Crippen LogP contribution is -1.99. The fourth-order valence-corrected chi connectivity index (χ4v) is 3.40. The first-order valence-electron chi connectivity index (χ1n) is 10.5. The van der Waals surface area contributed by atoms with Gasteiger partial charge >= 0.3 is 5.97 Å². The zero-order valence-corrected chi connectivity index (χ0v) is 17.1. The lowest BCUT2D eigenvalue weighted by molar-refractivity contribution is -0.140. The van der Waals surface area contributed by atoms with E-state index in [4.69, 9.17) is 9.40 Å². The molecule has 0 N–H and O–H groups in total. The number of aromatic nitrogens is 1. The fraction of sp³-hybridized carbons (Fsp3) is 0.360. The van der Waals surface area contributed by atoms with Gasteiger partial charge in [-0.2, -0.15) is 0 Å². The molecule has 4 heteroatoms. The van der Waals surface area contributed by atoms with Crippen LogP contribution in [-0.2, 0) is 16.0 Å². The molecule has 0 saturated carbocycles. The molecular formula is C25H29NO3. The Labute approximate surface area is 172 Å². The lowest BCUT2D eigenvalue weighted by atomic mass is 10.1. The average molecular weight is 392 g/mol. The number of methoxy groups -OCH3 is 1. The van der Waals surface area contributed by atoms with E-state index in [1.807, 2.05) is 36.4 Å². The molecule has 0 aliphatic heterocycles. The number of carbonyl (C=O) groups is 1. The van der Waals surface area contributed by atoms with E-state index in [0.29, 0.717) is 6.42 Å². The molecule has 29 heavy (non-hydrogen) atoms. The normalized spacial score (nSPS) is 10.8. The maximum atomic E-state index is 11.1. The third-order valence-electron chi connectivity index (χ3n) is 5.00. The third-order valence-corrected chi connectivity index (χ3v) is 5.00. The van der Waals surface area contributed by atoms with E-state index in [-0.39, 0.29) is 5.97 Å². The van der Waals surface area contributed by atoms with Crippen LogP contribution in [-0.4, -0.2) is 18.1 Å². The van der Waals surface area contributed by atoms with Crippen molar-refractivity contribution in [2.24, 2.45) is 0 Å². The minimum atomic E-state index is -0.114. The number of ether oxygens (including phenoxy) is 1. The van der Waals surface area contributed by atoms with E-state index in [1.54, 1.807) is 0 Å². The van der Waals surface area contributed by atoms with E-state index >= 15 is 0 Å². The summed E-state index contributed by atoms with van der Waals surface area (Å²) in [4.78, 5) is 15.9. The van der Waals surface area contributed by atoms with Gasteiger partial charge < -0.3 is 9.15 Å². The van der Waals surface area contributed by atoms with E-state index in [1.165, 1.54) is 13.5 Å². The van der Waals surface area contributed by atoms with Gasteiger partial charge in [-0.15, -0.1) is 0 Å². The van der Waals surface area contributed by atoms with E-state index < -0.39 is 0 Å². The second-order valence-electron chi connectivity index (χ2n) is 7.21. The Morgan fingerprint density at radius 1 is 0.828 bits per heavy atom. The number of benzene rings is 2. The Kier molecular flexibility index (Phi) is 8.05. The van der Waals surface area contributed by atoms with Crippen LogP contribution in [0.25, 0.3) is 22.6 Å². The molecule has 0 spiro atoms. The van der Waals surface area contributed by atoms with Crippen LogP contribution in [0.4, 0.5) is 0 Å². The lowest BCUT2D eigenvalue weighted by Gasteiger charge is -2.01. The van der Waals surface area contributed by atoms with Crippen LogP contribution in [0.3, 0.4) is 0 Å². The summed E-state index contributed by atoms with van der Waals surface area (Å²) < 4.78 is 10.8. The number of carbonyl (C=O) groups excluding carboxylic acids is 1. The van der Waals surface area contributed by atoms with Crippen molar-refractivity contribution in [2.75, 3.05) is 7.11 Å². The molecule has 1 aromatic heterocycles. The highest BCUT2D eigenvalue weighted by atomic mass is 16.5. The molecule has 0 amide bonds. The van der Waals surface area contributed by atoms with Crippen molar-refractivity contribution in [3.8, 4) is 22.6 Å². The Bertz CT molecular complexity index is 815. The monoisotopic (exact) mass is 391 g/mol. The summed E-state index contributed by atoms with van der Waals surface area (Å²) in [6.45, 7) is 0. The van der Waals surface area contributed by atoms with Gasteiger partial charge in [0, 0.05) is 24.0 Å². The highest BCUT2D eigenvalue weighted by Gasteiger charge is 2.16. The summed E-state index contributed by atoms with van der Waals surface area (Å²) in [7, 11) is 1.44. The second-order valence-corrected chi connectivity index (χ2v) is 7.21. The van der Waals surface area contributed by atoms with Gasteiger partial charge in [0.25, 0.3) is 0 Å². The SMILES string of the molecule is COC(=O)CCCCCCCCc1nc(-c2ccccc2)c(-c2ccccc2)o1. The number of rotatable bonds is 11. The maximum absolute atomic E-state index is 11.1. The molecule has 3 rings (SSSR count). The van der Waals surface area contributed by atoms with Crippen LogP contribution in [0.15, 0.2) is 65.1 Å². The van der Waals surface area contributed by atoms with Gasteiger partial charge in [-0.05, 0) is 12.8 Å². The molecule has 0 bridgehead atoms. The fourth-order valence-electron chi connectivity index (χ4n) is 3.40. The second kappa shape index (κ2) is 11.2. The first-order valence-corrected chi connectivity index (χ1v) is 10.5. The van der Waals surface area contributed by atoms with Crippen molar-refractivity contribution in [3.05, 3.63) is 66.6 Å². The van der Waals surface area contributed by atoms with E-state index in [9.17, 15) is 4.79 Å². The zero-order chi connectivity index (χ0) is 20.3. The summed E-state index contributed by atoms with van der Waals surface area (Å²) in [5, 5.41) is 0. The predicted octanol–water partition coefficient (Wildman–Crippen LogP) is 6.45. The van der Waals surface area contributed by atoms with Gasteiger partial charge in [-0.25, -0.2) is 4.98 Å². The van der Waals surface area contributed by atoms with Gasteiger partial charge in [0.05, 0.1) is 7.11 Å². The molecule has 0 atom stereocenters. The summed E-state index contributed by atoms with van der Waals surface area (Å²) in [5.74, 6) is 1.53. The van der Waals surface area contributed by atoms with Gasteiger partial charge in [0.15, 0.2) is 11.7 Å². The topological polar surface area (TPSA) is 52.3 Å². The summed E-state index contributed by atoms with van der Waals surface area (Å²) in [6, 6.07) is 20.4. The Hall–Kier alpha value is -2.88. The molecule has 0 unspecified atom stereocenters. The summed E-state index contributed by atoms with van der Waals surface area (Å²) >= 11 is 0. The van der Waals surface area contributed by atoms with Crippen LogP contribution in [0.5, 0.6) is 0 Å². The molecule has 2 aromatic carbocycles. The van der Waals surface area contributed by atoms with Crippen LogP contribution < -0.4 is 0 Å². The highest BCUT2D eigenvalue weighted by Crippen LogP contribution is 2.33. The molecule has 0 aliphatic carbocycles. The minimum absolute atomic E-state index is 0.114. The van der Waals surface area contributed by atoms with Crippen molar-refractivity contribution >= 4 is 5.97 Å². The average Bonchev–Trinajstić information content (AvgIpc) is 3.21. The standard InChI is InChI=1S/C25H29NO3/c1-28-23(27)19-13-5-3-2-4-12-18-22-26-24(20-14-8-6-9-15-20)25(29-22)21-16-10-7-11-17-21/h6-11,14-17H,2-5,12-13,18-19H2,1H3. The Morgan fingerprint density at radius 3 is 2.07 bits per heavy atom. The number of esters is 1. The van der Waals surface area contributed by atoms with Crippen molar-refractivity contribution < 1.29 is 13.9 Å². The Balaban J connectivity index is 1.54. The number of hydrogen-bond acceptors (Lipinski definition) is 4. The van der Waals surface area contributed by atoms with Crippen LogP contribution >= 0.6 is 0 Å². The molecule has 1 heterocycles. The highest BCUT2D eigenvalue weighted by molar-refractivity contribution is 5.76. The molecule has 0 saturated heterocycles. The summed E-state index contributed by atoms with van der Waals surface area (Å²) in [6.07, 6.45) is 7.86. The van der Waals surface area contributed by atoms with Crippen LogP contribution in [0.1, 0.15) is 50.8 Å². The zero-order valence-electron chi connectivity index (χ0n) is 17.1. The van der Waals surface area contributed by atoms with Crippen LogP contribution in [0, 0.1) is 0 Å². The van der Waals surface area contributed by atoms with Gasteiger partial charge in [-0.1, -0.05) is 86.3 Å². The third kappa shape index (κ3) is 6.31. The smallest absolute Gasteiger partial charge is 0.305 e. The minimum Gasteiger partial charge on any atom is -0.469 e. The van der Waals surface area contributed by atoms with E-state index in [0.717, 1.165) is 67.0 Å². The maximum Gasteiger partial charge on any atom is 0.305 e. The van der Waals surface area contributed by atoms with E-state index in [2.05, 4.69) is 29.0 Å². The quantitative estimate of drug-likeness (QED) is 0.278. The van der Waals surface area contributed by atoms with Gasteiger partial charge in [0.2, 0.25) is 0 Å². The number of aryl methyl sites for hydroxylation is 1. The molecule has 0 radical (unpaired) electrons. The van der Waals surface area contributed by atoms with Crippen LogP contribution in [0.2, 0.25) is 0 Å².